The van der Waals surface area contributed by atoms with Crippen molar-refractivity contribution >= 4 is 35.0 Å². The van der Waals surface area contributed by atoms with E-state index in [-0.39, 0.29) is 36.8 Å². The van der Waals surface area contributed by atoms with E-state index in [4.69, 9.17) is 4.74 Å². The Balaban J connectivity index is 1.48. The van der Waals surface area contributed by atoms with Crippen LogP contribution in [-0.2, 0) is 19.2 Å². The predicted molar refractivity (Wildman–Crippen MR) is 113 cm³/mol. The van der Waals surface area contributed by atoms with Crippen LogP contribution < -0.4 is 15.0 Å². The van der Waals surface area contributed by atoms with Crippen LogP contribution >= 0.6 is 0 Å². The van der Waals surface area contributed by atoms with Crippen LogP contribution in [0.5, 0.6) is 5.75 Å². The molecule has 1 aliphatic carbocycles. The normalized spacial score (nSPS) is 18.1. The minimum Gasteiger partial charge on any atom is -0.484 e. The second kappa shape index (κ2) is 8.59. The number of benzene rings is 2. The lowest BCUT2D eigenvalue weighted by molar-refractivity contribution is -0.140. The van der Waals surface area contributed by atoms with Crippen molar-refractivity contribution < 1.29 is 23.9 Å². The lowest BCUT2D eigenvalue weighted by Gasteiger charge is -2.27. The maximum Gasteiger partial charge on any atom is 0.261 e. The molecule has 0 spiro atoms. The number of anilines is 2. The third-order valence-corrected chi connectivity index (χ3v) is 5.24. The fourth-order valence-electron chi connectivity index (χ4n) is 3.72. The maximum absolute atomic E-state index is 13.1. The van der Waals surface area contributed by atoms with Crippen molar-refractivity contribution in [2.24, 2.45) is 0 Å². The average molecular weight is 421 g/mol. The molecule has 1 atom stereocenters. The first-order chi connectivity index (χ1) is 14.9. The Hall–Kier alpha value is -3.68. The van der Waals surface area contributed by atoms with Crippen molar-refractivity contribution in [1.82, 2.24) is 4.90 Å². The van der Waals surface area contributed by atoms with E-state index >= 15 is 0 Å². The molecule has 1 unspecified atom stereocenters. The number of ether oxygens (including phenoxy) is 1. The molecule has 8 nitrogen and oxygen atoms in total. The Morgan fingerprint density at radius 2 is 1.74 bits per heavy atom. The number of hydrogen-bond acceptors (Lipinski definition) is 5. The van der Waals surface area contributed by atoms with E-state index in [0.717, 1.165) is 17.7 Å². The summed E-state index contributed by atoms with van der Waals surface area (Å²) in [6.45, 7) is 1.21. The zero-order valence-corrected chi connectivity index (χ0v) is 17.1. The smallest absolute Gasteiger partial charge is 0.261 e. The molecule has 1 saturated heterocycles. The van der Waals surface area contributed by atoms with Crippen molar-refractivity contribution in [3.63, 3.8) is 0 Å². The fraction of sp³-hybridized carbons (Fsp3) is 0.304. The summed E-state index contributed by atoms with van der Waals surface area (Å²) in [6.07, 6.45) is 1.56. The summed E-state index contributed by atoms with van der Waals surface area (Å²) in [6, 6.07) is 14.6. The maximum atomic E-state index is 13.1. The number of para-hydroxylation sites is 1. The molecule has 31 heavy (non-hydrogen) atoms. The fourth-order valence-corrected chi connectivity index (χ4v) is 3.72. The number of amides is 4. The Morgan fingerprint density at radius 3 is 2.35 bits per heavy atom. The molecule has 1 heterocycles. The summed E-state index contributed by atoms with van der Waals surface area (Å²) in [7, 11) is 0. The van der Waals surface area contributed by atoms with Gasteiger partial charge < -0.3 is 15.0 Å². The van der Waals surface area contributed by atoms with Gasteiger partial charge in [-0.25, -0.2) is 4.90 Å². The van der Waals surface area contributed by atoms with Gasteiger partial charge in [0.1, 0.15) is 11.8 Å². The van der Waals surface area contributed by atoms with Gasteiger partial charge in [0.25, 0.3) is 11.8 Å². The Bertz CT molecular complexity index is 1000. The lowest BCUT2D eigenvalue weighted by Crippen LogP contribution is -2.48. The van der Waals surface area contributed by atoms with Crippen LogP contribution in [0.1, 0.15) is 26.2 Å². The van der Waals surface area contributed by atoms with Crippen LogP contribution in [0, 0.1) is 0 Å². The molecule has 1 saturated carbocycles. The summed E-state index contributed by atoms with van der Waals surface area (Å²) >= 11 is 0. The third kappa shape index (κ3) is 4.58. The van der Waals surface area contributed by atoms with Crippen molar-refractivity contribution in [3.05, 3.63) is 54.6 Å². The highest BCUT2D eigenvalue weighted by Crippen LogP contribution is 2.34. The molecule has 0 bridgehead atoms. The SMILES string of the molecule is CC(=O)Nc1ccc(N2C(=O)CC(N(C(=O)COc3ccccc3)C3CC3)C2=O)cc1. The van der Waals surface area contributed by atoms with Gasteiger partial charge in [-0.1, -0.05) is 18.2 Å². The largest absolute Gasteiger partial charge is 0.484 e. The van der Waals surface area contributed by atoms with Gasteiger partial charge in [0, 0.05) is 18.7 Å². The highest BCUT2D eigenvalue weighted by Gasteiger charge is 2.48. The molecule has 0 radical (unpaired) electrons. The van der Waals surface area contributed by atoms with E-state index in [9.17, 15) is 19.2 Å². The molecule has 1 aliphatic heterocycles. The van der Waals surface area contributed by atoms with Crippen LogP contribution in [0.15, 0.2) is 54.6 Å². The minimum atomic E-state index is -0.832. The van der Waals surface area contributed by atoms with Crippen molar-refractivity contribution in [1.29, 1.82) is 0 Å². The van der Waals surface area contributed by atoms with E-state index in [1.54, 1.807) is 36.4 Å². The number of hydrogen-bond donors (Lipinski definition) is 1. The van der Waals surface area contributed by atoms with Gasteiger partial charge in [-0.05, 0) is 49.2 Å². The molecule has 2 aliphatic rings. The zero-order valence-electron chi connectivity index (χ0n) is 17.1. The zero-order chi connectivity index (χ0) is 22.0. The standard InChI is InChI=1S/C23H23N3O5/c1-15(27)24-16-7-9-18(10-8-16)26-21(28)13-20(23(26)30)25(17-11-12-17)22(29)14-31-19-5-3-2-4-6-19/h2-10,17,20H,11-14H2,1H3,(H,24,27). The summed E-state index contributed by atoms with van der Waals surface area (Å²) in [5.74, 6) is -0.721. The van der Waals surface area contributed by atoms with Gasteiger partial charge in [-0.2, -0.15) is 0 Å². The second-order valence-corrected chi connectivity index (χ2v) is 7.65. The molecule has 4 rings (SSSR count). The minimum absolute atomic E-state index is 0.0456. The number of carbonyl (C=O) groups excluding carboxylic acids is 4. The first kappa shape index (κ1) is 20.6. The van der Waals surface area contributed by atoms with Crippen molar-refractivity contribution in [2.45, 2.75) is 38.3 Å². The Kier molecular flexibility index (Phi) is 5.70. The van der Waals surface area contributed by atoms with Gasteiger partial charge in [0.2, 0.25) is 11.8 Å². The predicted octanol–water partition coefficient (Wildman–Crippen LogP) is 2.35. The molecule has 1 N–H and O–H groups in total. The molecule has 2 aromatic carbocycles. The van der Waals surface area contributed by atoms with E-state index in [2.05, 4.69) is 5.32 Å². The summed E-state index contributed by atoms with van der Waals surface area (Å²) in [5.41, 5.74) is 0.982. The molecule has 160 valence electrons. The Labute approximate surface area is 179 Å². The first-order valence-electron chi connectivity index (χ1n) is 10.2. The molecule has 8 heteroatoms. The number of nitrogens with zero attached hydrogens (tertiary/aromatic N) is 2. The summed E-state index contributed by atoms with van der Waals surface area (Å²) < 4.78 is 5.57. The van der Waals surface area contributed by atoms with Crippen LogP contribution in [0.3, 0.4) is 0 Å². The molecular weight excluding hydrogens is 398 g/mol. The lowest BCUT2D eigenvalue weighted by atomic mass is 10.2. The summed E-state index contributed by atoms with van der Waals surface area (Å²) in [4.78, 5) is 52.5. The number of carbonyl (C=O) groups is 4. The third-order valence-electron chi connectivity index (χ3n) is 5.24. The quantitative estimate of drug-likeness (QED) is 0.693. The second-order valence-electron chi connectivity index (χ2n) is 7.65. The van der Waals surface area contributed by atoms with Gasteiger partial charge >= 0.3 is 0 Å². The van der Waals surface area contributed by atoms with Crippen LogP contribution in [-0.4, -0.2) is 47.2 Å². The van der Waals surface area contributed by atoms with Crippen molar-refractivity contribution in [3.8, 4) is 5.75 Å². The molecule has 0 aromatic heterocycles. The Morgan fingerprint density at radius 1 is 1.06 bits per heavy atom. The molecule has 2 aromatic rings. The van der Waals surface area contributed by atoms with E-state index < -0.39 is 11.9 Å². The topological polar surface area (TPSA) is 96.0 Å². The average Bonchev–Trinajstić information content (AvgIpc) is 3.54. The van der Waals surface area contributed by atoms with Gasteiger partial charge in [0.15, 0.2) is 6.61 Å². The van der Waals surface area contributed by atoms with Gasteiger partial charge in [-0.3, -0.25) is 19.2 Å². The number of imide groups is 1. The first-order valence-corrected chi connectivity index (χ1v) is 10.2. The van der Waals surface area contributed by atoms with Crippen LogP contribution in [0.2, 0.25) is 0 Å². The van der Waals surface area contributed by atoms with Gasteiger partial charge in [0.05, 0.1) is 12.1 Å². The monoisotopic (exact) mass is 421 g/mol. The highest BCUT2D eigenvalue weighted by atomic mass is 16.5. The van der Waals surface area contributed by atoms with Crippen molar-refractivity contribution in [2.75, 3.05) is 16.8 Å². The molecule has 4 amide bonds. The molecule has 2 fully saturated rings. The van der Waals surface area contributed by atoms with Crippen LogP contribution in [0.4, 0.5) is 11.4 Å². The molecular formula is C23H23N3O5. The van der Waals surface area contributed by atoms with Gasteiger partial charge in [-0.15, -0.1) is 0 Å². The van der Waals surface area contributed by atoms with E-state index in [1.807, 2.05) is 18.2 Å². The number of nitrogens with one attached hydrogen (secondary N) is 1. The van der Waals surface area contributed by atoms with Crippen LogP contribution in [0.25, 0.3) is 0 Å². The highest BCUT2D eigenvalue weighted by molar-refractivity contribution is 6.23. The number of rotatable bonds is 7. The van der Waals surface area contributed by atoms with E-state index in [0.29, 0.717) is 17.1 Å². The van der Waals surface area contributed by atoms with E-state index in [1.165, 1.54) is 11.8 Å². The summed E-state index contributed by atoms with van der Waals surface area (Å²) in [5, 5.41) is 2.64.